The van der Waals surface area contributed by atoms with Crippen LogP contribution in [-0.2, 0) is 8.85 Å². The van der Waals surface area contributed by atoms with Crippen molar-refractivity contribution in [2.24, 2.45) is 23.2 Å². The zero-order valence-corrected chi connectivity index (χ0v) is 34.4. The predicted molar refractivity (Wildman–Crippen MR) is 205 cm³/mol. The molecule has 1 heterocycles. The normalized spacial score (nSPS) is 31.4. The molecule has 46 heavy (non-hydrogen) atoms. The van der Waals surface area contributed by atoms with Crippen molar-refractivity contribution in [2.45, 2.75) is 168 Å². The second-order valence-corrected chi connectivity index (χ2v) is 28.9. The number of aliphatic hydroxyl groups excluding tert-OH is 1. The molecule has 6 heteroatoms. The summed E-state index contributed by atoms with van der Waals surface area (Å²) in [6, 6.07) is 4.12. The van der Waals surface area contributed by atoms with Crippen LogP contribution in [0.1, 0.15) is 124 Å². The van der Waals surface area contributed by atoms with Gasteiger partial charge in [-0.05, 0) is 133 Å². The fraction of sp³-hybridized carbons (Fsp3) is 0.750. The molecule has 0 aromatic carbocycles. The first-order chi connectivity index (χ1) is 21.2. The van der Waals surface area contributed by atoms with E-state index in [1.807, 2.05) is 6.07 Å². The number of thiophene rings is 1. The lowest BCUT2D eigenvalue weighted by Gasteiger charge is -2.46. The molecule has 260 valence electrons. The third-order valence-electron chi connectivity index (χ3n) is 13.2. The lowest BCUT2D eigenvalue weighted by molar-refractivity contribution is 0.0830. The molecule has 3 aliphatic carbocycles. The molecule has 0 aliphatic heterocycles. The molecule has 7 atom stereocenters. The number of hydrogen-bond acceptors (Lipinski definition) is 4. The lowest BCUT2D eigenvalue weighted by Crippen LogP contribution is -2.49. The molecule has 3 saturated carbocycles. The fourth-order valence-corrected chi connectivity index (χ4v) is 11.6. The quantitative estimate of drug-likeness (QED) is 0.249. The summed E-state index contributed by atoms with van der Waals surface area (Å²) >= 11 is 1.68. The van der Waals surface area contributed by atoms with Crippen LogP contribution >= 0.6 is 11.3 Å². The van der Waals surface area contributed by atoms with E-state index in [1.54, 1.807) is 16.9 Å². The Morgan fingerprint density at radius 3 is 2.28 bits per heavy atom. The Labute approximate surface area is 289 Å². The van der Waals surface area contributed by atoms with Gasteiger partial charge in [-0.1, -0.05) is 85.8 Å². The maximum absolute atomic E-state index is 10.8. The Kier molecular flexibility index (Phi) is 11.8. The summed E-state index contributed by atoms with van der Waals surface area (Å²) in [7, 11) is -3.91. The van der Waals surface area contributed by atoms with Crippen LogP contribution in [-0.4, -0.2) is 33.9 Å². The van der Waals surface area contributed by atoms with Crippen molar-refractivity contribution in [3.63, 3.8) is 0 Å². The predicted octanol–water partition coefficient (Wildman–Crippen LogP) is 12.4. The smallest absolute Gasteiger partial charge is 0.192 e. The van der Waals surface area contributed by atoms with Crippen LogP contribution in [0, 0.1) is 23.2 Å². The van der Waals surface area contributed by atoms with Gasteiger partial charge in [0.2, 0.25) is 0 Å². The highest BCUT2D eigenvalue weighted by Crippen LogP contribution is 2.60. The standard InChI is InChI=1S/C40H68O3SSi2/c1-28(18-23-35(41)37-17-15-25-44-37)33-21-22-34-30(16-14-24-40(33,34)9)19-20-31-26-32(42-45(10,11)38(3,4)5)27-36(29(31)2)43-46(12,13)39(6,7)8/h15,17,19-20,25,28,32-36,41H,2,14,16,18,21-24,26-27H2,1,3-13H3/t28-,32-,33-,34+,35?,36+,40-/m1/s1. The van der Waals surface area contributed by atoms with Gasteiger partial charge in [0.1, 0.15) is 0 Å². The second kappa shape index (κ2) is 14.2. The van der Waals surface area contributed by atoms with Crippen LogP contribution in [0.25, 0.3) is 0 Å². The topological polar surface area (TPSA) is 38.7 Å². The van der Waals surface area contributed by atoms with Crippen LogP contribution in [0.2, 0.25) is 36.3 Å². The average molecular weight is 685 g/mol. The van der Waals surface area contributed by atoms with Crippen LogP contribution in [0.3, 0.4) is 0 Å². The number of fused-ring (bicyclic) bond motifs is 1. The molecular formula is C40H68O3SSi2. The third kappa shape index (κ3) is 8.33. The van der Waals surface area contributed by atoms with E-state index in [1.165, 1.54) is 43.3 Å². The van der Waals surface area contributed by atoms with E-state index in [-0.39, 0.29) is 28.4 Å². The Morgan fingerprint density at radius 1 is 1.02 bits per heavy atom. The van der Waals surface area contributed by atoms with Crippen LogP contribution in [0.5, 0.6) is 0 Å². The van der Waals surface area contributed by atoms with Gasteiger partial charge >= 0.3 is 0 Å². The van der Waals surface area contributed by atoms with Gasteiger partial charge in [0.15, 0.2) is 16.6 Å². The minimum atomic E-state index is -1.98. The number of rotatable bonds is 10. The first kappa shape index (κ1) is 38.0. The minimum Gasteiger partial charge on any atom is -0.413 e. The second-order valence-electron chi connectivity index (χ2n) is 18.4. The Morgan fingerprint density at radius 2 is 1.67 bits per heavy atom. The summed E-state index contributed by atoms with van der Waals surface area (Å²) in [5.74, 6) is 2.00. The Bertz CT molecular complexity index is 1250. The van der Waals surface area contributed by atoms with Crippen LogP contribution in [0.15, 0.2) is 53.0 Å². The van der Waals surface area contributed by atoms with E-state index in [9.17, 15) is 5.11 Å². The lowest BCUT2D eigenvalue weighted by atomic mass is 9.60. The van der Waals surface area contributed by atoms with E-state index >= 15 is 0 Å². The van der Waals surface area contributed by atoms with Crippen molar-refractivity contribution in [2.75, 3.05) is 0 Å². The average Bonchev–Trinajstić information content (AvgIpc) is 3.59. The zero-order chi connectivity index (χ0) is 34.3. The Balaban J connectivity index is 1.54. The van der Waals surface area contributed by atoms with Gasteiger partial charge in [-0.25, -0.2) is 0 Å². The highest BCUT2D eigenvalue weighted by molar-refractivity contribution is 7.10. The maximum Gasteiger partial charge on any atom is 0.192 e. The molecule has 0 amide bonds. The monoisotopic (exact) mass is 684 g/mol. The molecule has 3 fully saturated rings. The van der Waals surface area contributed by atoms with E-state index in [0.29, 0.717) is 17.3 Å². The maximum atomic E-state index is 10.8. The largest absolute Gasteiger partial charge is 0.413 e. The third-order valence-corrected chi connectivity index (χ3v) is 23.2. The first-order valence-electron chi connectivity index (χ1n) is 18.3. The number of hydrogen-bond donors (Lipinski definition) is 1. The van der Waals surface area contributed by atoms with Gasteiger partial charge in [-0.15, -0.1) is 11.3 Å². The van der Waals surface area contributed by atoms with Crippen molar-refractivity contribution in [1.29, 1.82) is 0 Å². The molecule has 3 aliphatic rings. The van der Waals surface area contributed by atoms with Gasteiger partial charge in [0.25, 0.3) is 0 Å². The Hall–Kier alpha value is -0.766. The first-order valence-corrected chi connectivity index (χ1v) is 25.0. The van der Waals surface area contributed by atoms with Gasteiger partial charge in [0.05, 0.1) is 18.3 Å². The highest BCUT2D eigenvalue weighted by Gasteiger charge is 2.51. The van der Waals surface area contributed by atoms with E-state index < -0.39 is 16.6 Å². The summed E-state index contributed by atoms with van der Waals surface area (Å²) in [6.45, 7) is 33.3. The van der Waals surface area contributed by atoms with Gasteiger partial charge < -0.3 is 14.0 Å². The number of allylic oxidation sites excluding steroid dienone is 3. The SMILES string of the molecule is C=C1C(=CC=C2CCC[C@]3(C)[C@@H]([C@H](C)CCC(O)c4cccs4)CC[C@@H]23)C[C@@H](O[Si](C)(C)C(C)(C)C)C[C@@H]1O[Si](C)(C)C(C)(C)C. The molecule has 1 unspecified atom stereocenters. The van der Waals surface area contributed by atoms with Crippen LogP contribution < -0.4 is 0 Å². The van der Waals surface area contributed by atoms with Crippen LogP contribution in [0.4, 0.5) is 0 Å². The molecule has 1 aromatic rings. The van der Waals surface area contributed by atoms with Gasteiger partial charge in [0, 0.05) is 11.3 Å². The molecular weight excluding hydrogens is 617 g/mol. The van der Waals surface area contributed by atoms with E-state index in [0.717, 1.165) is 36.5 Å². The van der Waals surface area contributed by atoms with Gasteiger partial charge in [-0.3, -0.25) is 0 Å². The molecule has 0 spiro atoms. The van der Waals surface area contributed by atoms with E-state index in [2.05, 4.69) is 105 Å². The summed E-state index contributed by atoms with van der Waals surface area (Å²) in [4.78, 5) is 1.11. The van der Waals surface area contributed by atoms with Crippen molar-refractivity contribution in [3.05, 3.63) is 57.8 Å². The van der Waals surface area contributed by atoms with Crippen molar-refractivity contribution in [3.8, 4) is 0 Å². The van der Waals surface area contributed by atoms with Crippen molar-refractivity contribution in [1.82, 2.24) is 0 Å². The summed E-state index contributed by atoms with van der Waals surface area (Å²) in [6.07, 6.45) is 15.0. The van der Waals surface area contributed by atoms with Gasteiger partial charge in [-0.2, -0.15) is 0 Å². The summed E-state index contributed by atoms with van der Waals surface area (Å²) < 4.78 is 14.2. The molecule has 0 radical (unpaired) electrons. The molecule has 1 N–H and O–H groups in total. The van der Waals surface area contributed by atoms with Crippen molar-refractivity contribution >= 4 is 28.0 Å². The minimum absolute atomic E-state index is 0.0203. The fourth-order valence-electron chi connectivity index (χ4n) is 8.22. The molecule has 0 bridgehead atoms. The van der Waals surface area contributed by atoms with Crippen molar-refractivity contribution < 1.29 is 14.0 Å². The molecule has 0 saturated heterocycles. The molecule has 1 aromatic heterocycles. The van der Waals surface area contributed by atoms with E-state index in [4.69, 9.17) is 15.4 Å². The molecule has 3 nitrogen and oxygen atoms in total. The summed E-state index contributed by atoms with van der Waals surface area (Å²) in [5, 5.41) is 13.2. The zero-order valence-electron chi connectivity index (χ0n) is 31.6. The number of aliphatic hydroxyl groups is 1. The molecule has 4 rings (SSSR count). The summed E-state index contributed by atoms with van der Waals surface area (Å²) in [5.41, 5.74) is 4.51. The highest BCUT2D eigenvalue weighted by atomic mass is 32.1.